The minimum absolute atomic E-state index is 0.437. The van der Waals surface area contributed by atoms with Crippen LogP contribution in [0.2, 0.25) is 5.02 Å². The third-order valence-electron chi connectivity index (χ3n) is 3.31. The van der Waals surface area contributed by atoms with Gasteiger partial charge in [0.25, 0.3) is 0 Å². The normalized spacial score (nSPS) is 14.4. The second-order valence-electron chi connectivity index (χ2n) is 4.67. The van der Waals surface area contributed by atoms with Gasteiger partial charge >= 0.3 is 0 Å². The zero-order valence-corrected chi connectivity index (χ0v) is 11.8. The maximum Gasteiger partial charge on any atom is 0.151 e. The lowest BCUT2D eigenvalue weighted by atomic mass is 10.2. The van der Waals surface area contributed by atoms with E-state index in [1.807, 2.05) is 30.3 Å². The maximum atomic E-state index is 6.36. The number of fused-ring (bicyclic) bond motifs is 1. The molecule has 0 unspecified atom stereocenters. The Kier molecular flexibility index (Phi) is 3.76. The van der Waals surface area contributed by atoms with Crippen LogP contribution in [0.4, 0.5) is 11.5 Å². The van der Waals surface area contributed by atoms with E-state index in [1.165, 1.54) is 0 Å². The third kappa shape index (κ3) is 2.44. The lowest BCUT2D eigenvalue weighted by Crippen LogP contribution is -2.19. The zero-order valence-electron chi connectivity index (χ0n) is 11.1. The number of nitrogens with zero attached hydrogens (tertiary/aromatic N) is 2. The van der Waals surface area contributed by atoms with Crippen molar-refractivity contribution in [3.05, 3.63) is 47.1 Å². The van der Waals surface area contributed by atoms with Crippen LogP contribution in [0.25, 0.3) is 0 Å². The number of nitrogens with two attached hydrogens (primary N) is 1. The quantitative estimate of drug-likeness (QED) is 0.923. The molecule has 0 spiro atoms. The number of anilines is 2. The molecular formula is C15H16ClN3O. The fourth-order valence-electron chi connectivity index (χ4n) is 2.33. The van der Waals surface area contributed by atoms with E-state index in [0.29, 0.717) is 18.2 Å². The smallest absolute Gasteiger partial charge is 0.151 e. The number of benzene rings is 1. The summed E-state index contributed by atoms with van der Waals surface area (Å²) in [4.78, 5) is 6.57. The molecule has 2 aromatic rings. The predicted octanol–water partition coefficient (Wildman–Crippen LogP) is 3.11. The first-order valence-corrected chi connectivity index (χ1v) is 7.01. The summed E-state index contributed by atoms with van der Waals surface area (Å²) in [7, 11) is 0. The number of rotatable bonds is 2. The van der Waals surface area contributed by atoms with E-state index in [4.69, 9.17) is 22.1 Å². The fraction of sp³-hybridized carbons (Fsp3) is 0.267. The van der Waals surface area contributed by atoms with Gasteiger partial charge in [-0.15, -0.1) is 0 Å². The summed E-state index contributed by atoms with van der Waals surface area (Å²) in [6.07, 6.45) is 2.70. The Labute approximate surface area is 123 Å². The van der Waals surface area contributed by atoms with Crippen molar-refractivity contribution in [2.45, 2.75) is 13.0 Å². The number of hydrogen-bond donors (Lipinski definition) is 1. The van der Waals surface area contributed by atoms with Crippen LogP contribution < -0.4 is 15.4 Å². The Morgan fingerprint density at radius 1 is 1.35 bits per heavy atom. The van der Waals surface area contributed by atoms with E-state index in [1.54, 1.807) is 6.20 Å². The molecule has 4 nitrogen and oxygen atoms in total. The van der Waals surface area contributed by atoms with Crippen LogP contribution in [0.1, 0.15) is 12.0 Å². The largest absolute Gasteiger partial charge is 0.491 e. The molecule has 20 heavy (non-hydrogen) atoms. The van der Waals surface area contributed by atoms with Crippen molar-refractivity contribution >= 4 is 23.1 Å². The van der Waals surface area contributed by atoms with Gasteiger partial charge in [0.05, 0.1) is 17.3 Å². The molecule has 104 valence electrons. The topological polar surface area (TPSA) is 51.4 Å². The van der Waals surface area contributed by atoms with Crippen molar-refractivity contribution in [2.75, 3.05) is 18.1 Å². The molecule has 1 aliphatic heterocycles. The highest BCUT2D eigenvalue weighted by Crippen LogP contribution is 2.37. The van der Waals surface area contributed by atoms with E-state index in [-0.39, 0.29) is 0 Å². The minimum atomic E-state index is 0.437. The maximum absolute atomic E-state index is 6.36. The summed E-state index contributed by atoms with van der Waals surface area (Å²) in [5.41, 5.74) is 7.55. The predicted molar refractivity (Wildman–Crippen MR) is 80.7 cm³/mol. The standard InChI is InChI=1S/C15H16ClN3O/c16-12-8-11(9-17)10-18-15(12)19-6-3-7-20-14-5-2-1-4-13(14)19/h1-2,4-5,8,10H,3,6-7,9,17H2. The molecule has 0 saturated carbocycles. The van der Waals surface area contributed by atoms with Crippen molar-refractivity contribution in [1.82, 2.24) is 4.98 Å². The van der Waals surface area contributed by atoms with Crippen LogP contribution in [0.5, 0.6) is 5.75 Å². The van der Waals surface area contributed by atoms with Gasteiger partial charge in [0.1, 0.15) is 5.75 Å². The molecular weight excluding hydrogens is 274 g/mol. The molecule has 0 bridgehead atoms. The summed E-state index contributed by atoms with van der Waals surface area (Å²) < 4.78 is 5.75. The first-order valence-electron chi connectivity index (χ1n) is 6.63. The summed E-state index contributed by atoms with van der Waals surface area (Å²) in [6, 6.07) is 9.82. The molecule has 0 fully saturated rings. The van der Waals surface area contributed by atoms with Gasteiger partial charge in [0.15, 0.2) is 5.82 Å². The first kappa shape index (κ1) is 13.2. The number of halogens is 1. The van der Waals surface area contributed by atoms with Crippen LogP contribution in [0, 0.1) is 0 Å². The molecule has 1 aromatic carbocycles. The number of aromatic nitrogens is 1. The highest BCUT2D eigenvalue weighted by atomic mass is 35.5. The van der Waals surface area contributed by atoms with Gasteiger partial charge in [-0.1, -0.05) is 23.7 Å². The molecule has 2 heterocycles. The van der Waals surface area contributed by atoms with Crippen molar-refractivity contribution < 1.29 is 4.74 Å². The Morgan fingerprint density at radius 3 is 3.00 bits per heavy atom. The third-order valence-corrected chi connectivity index (χ3v) is 3.59. The van der Waals surface area contributed by atoms with Crippen LogP contribution >= 0.6 is 11.6 Å². The van der Waals surface area contributed by atoms with Gasteiger partial charge in [-0.25, -0.2) is 4.98 Å². The van der Waals surface area contributed by atoms with Gasteiger partial charge in [-0.2, -0.15) is 0 Å². The lowest BCUT2D eigenvalue weighted by molar-refractivity contribution is 0.322. The van der Waals surface area contributed by atoms with E-state index in [9.17, 15) is 0 Å². The van der Waals surface area contributed by atoms with Gasteiger partial charge in [0, 0.05) is 19.3 Å². The molecule has 3 rings (SSSR count). The van der Waals surface area contributed by atoms with E-state index in [2.05, 4.69) is 9.88 Å². The Balaban J connectivity index is 2.05. The van der Waals surface area contributed by atoms with Crippen molar-refractivity contribution in [2.24, 2.45) is 5.73 Å². The lowest BCUT2D eigenvalue weighted by Gasteiger charge is -2.23. The average molecular weight is 290 g/mol. The van der Waals surface area contributed by atoms with Crippen molar-refractivity contribution in [3.8, 4) is 5.75 Å². The summed E-state index contributed by atoms with van der Waals surface area (Å²) in [5.74, 6) is 1.62. The van der Waals surface area contributed by atoms with Gasteiger partial charge < -0.3 is 15.4 Å². The molecule has 0 aliphatic carbocycles. The Bertz CT molecular complexity index is 618. The van der Waals surface area contributed by atoms with Crippen LogP contribution in [-0.4, -0.2) is 18.1 Å². The molecule has 1 aliphatic rings. The Morgan fingerprint density at radius 2 is 2.20 bits per heavy atom. The summed E-state index contributed by atoms with van der Waals surface area (Å²) >= 11 is 6.36. The molecule has 0 amide bonds. The second-order valence-corrected chi connectivity index (χ2v) is 5.08. The fourth-order valence-corrected chi connectivity index (χ4v) is 2.62. The zero-order chi connectivity index (χ0) is 13.9. The van der Waals surface area contributed by atoms with E-state index in [0.717, 1.165) is 35.8 Å². The molecule has 0 saturated heterocycles. The molecule has 1 aromatic heterocycles. The number of ether oxygens (including phenoxy) is 1. The van der Waals surface area contributed by atoms with Gasteiger partial charge in [0.2, 0.25) is 0 Å². The SMILES string of the molecule is NCc1cnc(N2CCCOc3ccccc32)c(Cl)c1. The van der Waals surface area contributed by atoms with E-state index >= 15 is 0 Å². The summed E-state index contributed by atoms with van der Waals surface area (Å²) in [5, 5.41) is 0.615. The van der Waals surface area contributed by atoms with Crippen molar-refractivity contribution in [3.63, 3.8) is 0 Å². The number of hydrogen-bond acceptors (Lipinski definition) is 4. The van der Waals surface area contributed by atoms with Crippen LogP contribution in [0.3, 0.4) is 0 Å². The number of para-hydroxylation sites is 2. The molecule has 2 N–H and O–H groups in total. The molecule has 0 atom stereocenters. The van der Waals surface area contributed by atoms with Crippen LogP contribution in [0.15, 0.2) is 36.5 Å². The first-order chi connectivity index (χ1) is 9.79. The van der Waals surface area contributed by atoms with E-state index < -0.39 is 0 Å². The monoisotopic (exact) mass is 289 g/mol. The highest BCUT2D eigenvalue weighted by molar-refractivity contribution is 6.33. The minimum Gasteiger partial charge on any atom is -0.491 e. The van der Waals surface area contributed by atoms with Crippen molar-refractivity contribution in [1.29, 1.82) is 0 Å². The average Bonchev–Trinajstić information content (AvgIpc) is 2.69. The van der Waals surface area contributed by atoms with Crippen LogP contribution in [-0.2, 0) is 6.54 Å². The van der Waals surface area contributed by atoms with Gasteiger partial charge in [-0.3, -0.25) is 0 Å². The Hall–Kier alpha value is -1.78. The molecule has 0 radical (unpaired) electrons. The molecule has 5 heteroatoms. The highest BCUT2D eigenvalue weighted by Gasteiger charge is 2.20. The number of pyridine rings is 1. The van der Waals surface area contributed by atoms with Gasteiger partial charge in [-0.05, 0) is 30.2 Å². The second kappa shape index (κ2) is 5.69. The summed E-state index contributed by atoms with van der Waals surface area (Å²) in [6.45, 7) is 1.96.